The van der Waals surface area contributed by atoms with E-state index in [2.05, 4.69) is 5.32 Å². The lowest BCUT2D eigenvalue weighted by Crippen LogP contribution is -2.18. The van der Waals surface area contributed by atoms with Crippen LogP contribution in [0.4, 0.5) is 23.2 Å². The van der Waals surface area contributed by atoms with Crippen molar-refractivity contribution in [3.63, 3.8) is 0 Å². The van der Waals surface area contributed by atoms with Crippen LogP contribution < -0.4 is 5.32 Å². The Bertz CT molecular complexity index is 413. The molecule has 86 valence electrons. The van der Waals surface area contributed by atoms with Gasteiger partial charge in [0, 0.05) is 6.07 Å². The second-order valence-electron chi connectivity index (χ2n) is 3.08. The van der Waals surface area contributed by atoms with Crippen molar-refractivity contribution in [2.75, 3.05) is 5.32 Å². The maximum absolute atomic E-state index is 13.1. The smallest absolute Gasteiger partial charge is 0.185 e. The highest BCUT2D eigenvalue weighted by Crippen LogP contribution is 2.24. The summed E-state index contributed by atoms with van der Waals surface area (Å²) in [6.07, 6.45) is 0.244. The Hall–Kier alpha value is -1.77. The van der Waals surface area contributed by atoms with Gasteiger partial charge in [-0.25, -0.2) is 17.6 Å². The molecule has 1 aromatic carbocycles. The topological polar surface area (TPSA) is 35.8 Å². The second kappa shape index (κ2) is 4.84. The molecule has 0 saturated heterocycles. The fourth-order valence-corrected chi connectivity index (χ4v) is 1.10. The summed E-state index contributed by atoms with van der Waals surface area (Å²) in [6.45, 7) is 1.59. The van der Waals surface area contributed by atoms with E-state index in [-0.39, 0.29) is 12.5 Å². The van der Waals surface area contributed by atoms with Crippen molar-refractivity contribution in [1.82, 2.24) is 0 Å². The number of rotatable bonds is 3. The fourth-order valence-electron chi connectivity index (χ4n) is 1.10. The Balaban J connectivity index is 3.18. The van der Waals surface area contributed by atoms with Crippen LogP contribution in [0.3, 0.4) is 0 Å². The van der Waals surface area contributed by atoms with Crippen LogP contribution in [-0.2, 0) is 0 Å². The summed E-state index contributed by atoms with van der Waals surface area (Å²) < 4.78 is 51.8. The molecular weight excluding hydrogens is 224 g/mol. The fraction of sp³-hybridized carbons (Fsp3) is 0.300. The number of nitrogens with one attached hydrogen (secondary N) is 1. The lowest BCUT2D eigenvalue weighted by atomic mass is 10.2. The maximum Gasteiger partial charge on any atom is 0.185 e. The Kier molecular flexibility index (Phi) is 3.72. The van der Waals surface area contributed by atoms with Gasteiger partial charge >= 0.3 is 0 Å². The van der Waals surface area contributed by atoms with E-state index < -0.39 is 35.0 Å². The van der Waals surface area contributed by atoms with E-state index in [1.54, 1.807) is 13.0 Å². The summed E-state index contributed by atoms with van der Waals surface area (Å²) in [5.41, 5.74) is -0.953. The highest BCUT2D eigenvalue weighted by atomic mass is 19.2. The van der Waals surface area contributed by atoms with Gasteiger partial charge < -0.3 is 5.32 Å². The lowest BCUT2D eigenvalue weighted by molar-refractivity contribution is 0.457. The van der Waals surface area contributed by atoms with Gasteiger partial charge in [-0.2, -0.15) is 5.26 Å². The molecule has 0 bridgehead atoms. The molecule has 0 aliphatic rings. The predicted molar refractivity (Wildman–Crippen MR) is 49.6 cm³/mol. The SMILES string of the molecule is CCC(C#N)Nc1c(F)c(F)cc(F)c1F. The van der Waals surface area contributed by atoms with Crippen molar-refractivity contribution >= 4 is 5.69 Å². The predicted octanol–water partition coefficient (Wildman–Crippen LogP) is 2.96. The molecule has 0 aliphatic carbocycles. The van der Waals surface area contributed by atoms with Gasteiger partial charge in [-0.3, -0.25) is 0 Å². The van der Waals surface area contributed by atoms with Crippen molar-refractivity contribution in [2.24, 2.45) is 0 Å². The van der Waals surface area contributed by atoms with Crippen LogP contribution in [0, 0.1) is 34.6 Å². The quantitative estimate of drug-likeness (QED) is 0.642. The zero-order chi connectivity index (χ0) is 12.3. The van der Waals surface area contributed by atoms with E-state index in [4.69, 9.17) is 5.26 Å². The van der Waals surface area contributed by atoms with Crippen LogP contribution in [0.2, 0.25) is 0 Å². The highest BCUT2D eigenvalue weighted by Gasteiger charge is 2.20. The average molecular weight is 232 g/mol. The number of hydrogen-bond acceptors (Lipinski definition) is 2. The van der Waals surface area contributed by atoms with E-state index >= 15 is 0 Å². The maximum atomic E-state index is 13.1. The van der Waals surface area contributed by atoms with Gasteiger partial charge in [-0.1, -0.05) is 6.92 Å². The third kappa shape index (κ3) is 2.24. The minimum absolute atomic E-state index is 0.114. The van der Waals surface area contributed by atoms with Crippen LogP contribution in [0.15, 0.2) is 6.07 Å². The van der Waals surface area contributed by atoms with E-state index in [0.29, 0.717) is 0 Å². The monoisotopic (exact) mass is 232 g/mol. The van der Waals surface area contributed by atoms with Gasteiger partial charge in [-0.15, -0.1) is 0 Å². The number of hydrogen-bond donors (Lipinski definition) is 1. The Morgan fingerprint density at radius 2 is 1.75 bits per heavy atom. The molecule has 0 aliphatic heterocycles. The summed E-state index contributed by atoms with van der Waals surface area (Å²) >= 11 is 0. The number of nitrogens with zero attached hydrogens (tertiary/aromatic N) is 1. The van der Waals surface area contributed by atoms with Crippen LogP contribution in [-0.4, -0.2) is 6.04 Å². The van der Waals surface area contributed by atoms with Crippen molar-refractivity contribution in [3.05, 3.63) is 29.3 Å². The van der Waals surface area contributed by atoms with Gasteiger partial charge in [0.2, 0.25) is 0 Å². The Morgan fingerprint density at radius 3 is 2.12 bits per heavy atom. The summed E-state index contributed by atoms with van der Waals surface area (Å²) in [4.78, 5) is 0. The molecule has 0 fully saturated rings. The summed E-state index contributed by atoms with van der Waals surface area (Å²) in [5.74, 6) is -6.08. The number of benzene rings is 1. The third-order valence-electron chi connectivity index (χ3n) is 1.99. The number of nitriles is 1. The lowest BCUT2D eigenvalue weighted by Gasteiger charge is -2.12. The minimum atomic E-state index is -1.53. The molecule has 0 radical (unpaired) electrons. The molecule has 1 N–H and O–H groups in total. The van der Waals surface area contributed by atoms with Gasteiger partial charge in [0.05, 0.1) is 6.07 Å². The molecule has 0 spiro atoms. The van der Waals surface area contributed by atoms with Crippen LogP contribution in [0.25, 0.3) is 0 Å². The summed E-state index contributed by atoms with van der Waals surface area (Å²) in [7, 11) is 0. The molecule has 6 heteroatoms. The molecule has 1 rings (SSSR count). The number of halogens is 4. The third-order valence-corrected chi connectivity index (χ3v) is 1.99. The highest BCUT2D eigenvalue weighted by molar-refractivity contribution is 5.49. The van der Waals surface area contributed by atoms with Gasteiger partial charge in [0.15, 0.2) is 23.3 Å². The van der Waals surface area contributed by atoms with Crippen molar-refractivity contribution in [1.29, 1.82) is 5.26 Å². The molecule has 0 heterocycles. The van der Waals surface area contributed by atoms with Crippen molar-refractivity contribution in [3.8, 4) is 6.07 Å². The van der Waals surface area contributed by atoms with Crippen LogP contribution >= 0.6 is 0 Å². The normalized spacial score (nSPS) is 12.0. The Labute approximate surface area is 89.5 Å². The van der Waals surface area contributed by atoms with E-state index in [0.717, 1.165) is 0 Å². The van der Waals surface area contributed by atoms with Crippen molar-refractivity contribution in [2.45, 2.75) is 19.4 Å². The van der Waals surface area contributed by atoms with E-state index in [1.165, 1.54) is 0 Å². The van der Waals surface area contributed by atoms with Gasteiger partial charge in [0.1, 0.15) is 11.7 Å². The Morgan fingerprint density at radius 1 is 1.25 bits per heavy atom. The van der Waals surface area contributed by atoms with E-state index in [1.807, 2.05) is 0 Å². The average Bonchev–Trinajstić information content (AvgIpc) is 2.27. The zero-order valence-electron chi connectivity index (χ0n) is 8.32. The molecule has 2 nitrogen and oxygen atoms in total. The molecule has 1 unspecified atom stereocenters. The largest absolute Gasteiger partial charge is 0.365 e. The molecule has 0 aromatic heterocycles. The van der Waals surface area contributed by atoms with Gasteiger partial charge in [-0.05, 0) is 6.42 Å². The van der Waals surface area contributed by atoms with E-state index in [9.17, 15) is 17.6 Å². The molecule has 16 heavy (non-hydrogen) atoms. The van der Waals surface area contributed by atoms with Crippen LogP contribution in [0.5, 0.6) is 0 Å². The minimum Gasteiger partial charge on any atom is -0.365 e. The van der Waals surface area contributed by atoms with Crippen LogP contribution in [0.1, 0.15) is 13.3 Å². The first-order valence-corrected chi connectivity index (χ1v) is 4.50. The molecular formula is C10H8F4N2. The first kappa shape index (κ1) is 12.3. The van der Waals surface area contributed by atoms with Gasteiger partial charge in [0.25, 0.3) is 0 Å². The summed E-state index contributed by atoms with van der Waals surface area (Å²) in [6, 6.07) is 0.907. The first-order valence-electron chi connectivity index (χ1n) is 4.50. The molecule has 1 atom stereocenters. The zero-order valence-corrected chi connectivity index (χ0v) is 8.32. The molecule has 1 aromatic rings. The number of anilines is 1. The standard InChI is InChI=1S/C10H8F4N2/c1-2-5(4-15)16-10-8(13)6(11)3-7(12)9(10)14/h3,5,16H,2H2,1H3. The first-order chi connectivity index (χ1) is 7.51. The molecule has 0 saturated carbocycles. The summed E-state index contributed by atoms with van der Waals surface area (Å²) in [5, 5.41) is 10.7. The molecule has 0 amide bonds. The van der Waals surface area contributed by atoms with Crippen molar-refractivity contribution < 1.29 is 17.6 Å². The second-order valence-corrected chi connectivity index (χ2v) is 3.08.